The van der Waals surface area contributed by atoms with Gasteiger partial charge in [-0.3, -0.25) is 9.47 Å². The fraction of sp³-hybridized carbons (Fsp3) is 0.190. The molecule has 0 radical (unpaired) electrons. The Balaban J connectivity index is 1.94. The molecular formula is C21H18F4N2O2. The van der Waals surface area contributed by atoms with Gasteiger partial charge in [-0.2, -0.15) is 0 Å². The topological polar surface area (TPSA) is 43.3 Å². The molecule has 3 rings (SSSR count). The van der Waals surface area contributed by atoms with E-state index in [-0.39, 0.29) is 30.0 Å². The van der Waals surface area contributed by atoms with Gasteiger partial charge in [0.05, 0.1) is 16.8 Å². The summed E-state index contributed by atoms with van der Waals surface area (Å²) in [6, 6.07) is 4.52. The SMILES string of the molecule is CNn1ccc(=O)c(-c2c(F)cccc2F)c1/C=C\COC1=CC=C(F)CC1F. The molecular weight excluding hydrogens is 388 g/mol. The summed E-state index contributed by atoms with van der Waals surface area (Å²) in [6.45, 7) is -0.0896. The van der Waals surface area contributed by atoms with Crippen molar-refractivity contribution >= 4 is 6.08 Å². The van der Waals surface area contributed by atoms with Crippen LogP contribution in [0, 0.1) is 11.6 Å². The molecule has 0 amide bonds. The second kappa shape index (κ2) is 8.81. The zero-order valence-corrected chi connectivity index (χ0v) is 15.5. The van der Waals surface area contributed by atoms with Crippen LogP contribution in [-0.4, -0.2) is 24.5 Å². The molecule has 0 saturated carbocycles. The lowest BCUT2D eigenvalue weighted by Crippen LogP contribution is -2.19. The summed E-state index contributed by atoms with van der Waals surface area (Å²) in [4.78, 5) is 12.4. The minimum Gasteiger partial charge on any atom is -0.491 e. The molecule has 29 heavy (non-hydrogen) atoms. The Labute approximate surface area is 164 Å². The summed E-state index contributed by atoms with van der Waals surface area (Å²) in [7, 11) is 1.57. The van der Waals surface area contributed by atoms with Crippen molar-refractivity contribution in [3.63, 3.8) is 0 Å². The number of hydrogen-bond donors (Lipinski definition) is 1. The van der Waals surface area contributed by atoms with Gasteiger partial charge >= 0.3 is 0 Å². The van der Waals surface area contributed by atoms with Gasteiger partial charge in [0, 0.05) is 25.7 Å². The number of benzene rings is 1. The van der Waals surface area contributed by atoms with Crippen LogP contribution in [0.15, 0.2) is 65.1 Å². The lowest BCUT2D eigenvalue weighted by atomic mass is 10.0. The Morgan fingerprint density at radius 3 is 2.55 bits per heavy atom. The Bertz CT molecular complexity index is 1040. The third-order valence-electron chi connectivity index (χ3n) is 4.32. The van der Waals surface area contributed by atoms with Gasteiger partial charge in [0.2, 0.25) is 0 Å². The predicted molar refractivity (Wildman–Crippen MR) is 103 cm³/mol. The first-order valence-electron chi connectivity index (χ1n) is 8.79. The quantitative estimate of drug-likeness (QED) is 0.720. The van der Waals surface area contributed by atoms with Crippen LogP contribution in [0.25, 0.3) is 17.2 Å². The standard InChI is InChI=1S/C21H18F4N2O2/c1-26-27-10-9-18(28)21(20-14(23)4-2-5-15(20)24)17(27)6-3-11-29-19-8-7-13(22)12-16(19)25/h2-10,16,26H,11-12H2,1H3/b6-3-. The number of aromatic nitrogens is 1. The molecule has 0 bridgehead atoms. The van der Waals surface area contributed by atoms with E-state index in [1.807, 2.05) is 0 Å². The maximum atomic E-state index is 14.3. The number of pyridine rings is 1. The van der Waals surface area contributed by atoms with Crippen LogP contribution in [0.2, 0.25) is 0 Å². The highest BCUT2D eigenvalue weighted by atomic mass is 19.1. The molecule has 1 aliphatic rings. The van der Waals surface area contributed by atoms with Gasteiger partial charge in [0.1, 0.15) is 29.8 Å². The van der Waals surface area contributed by atoms with Gasteiger partial charge < -0.3 is 10.2 Å². The first-order valence-corrected chi connectivity index (χ1v) is 8.79. The molecule has 1 atom stereocenters. The zero-order chi connectivity index (χ0) is 21.0. The molecule has 0 aliphatic heterocycles. The molecule has 1 heterocycles. The van der Waals surface area contributed by atoms with Crippen molar-refractivity contribution in [2.75, 3.05) is 19.1 Å². The molecule has 0 saturated heterocycles. The maximum Gasteiger partial charge on any atom is 0.190 e. The molecule has 2 aromatic rings. The van der Waals surface area contributed by atoms with E-state index in [0.717, 1.165) is 18.2 Å². The van der Waals surface area contributed by atoms with Crippen LogP contribution < -0.4 is 10.9 Å². The highest BCUT2D eigenvalue weighted by Gasteiger charge is 2.20. The number of hydrogen-bond acceptors (Lipinski definition) is 3. The van der Waals surface area contributed by atoms with Gasteiger partial charge in [-0.05, 0) is 36.4 Å². The predicted octanol–water partition coefficient (Wildman–Crippen LogP) is 4.48. The van der Waals surface area contributed by atoms with Crippen molar-refractivity contribution in [2.45, 2.75) is 12.6 Å². The van der Waals surface area contributed by atoms with E-state index < -0.39 is 34.6 Å². The fourth-order valence-electron chi connectivity index (χ4n) is 2.96. The van der Waals surface area contributed by atoms with E-state index >= 15 is 0 Å². The average Bonchev–Trinajstić information content (AvgIpc) is 2.68. The van der Waals surface area contributed by atoms with E-state index in [0.29, 0.717) is 0 Å². The number of alkyl halides is 1. The van der Waals surface area contributed by atoms with E-state index in [1.165, 1.54) is 41.2 Å². The number of nitrogens with zero attached hydrogens (tertiary/aromatic N) is 1. The Hall–Kier alpha value is -3.29. The lowest BCUT2D eigenvalue weighted by Gasteiger charge is -2.16. The first-order chi connectivity index (χ1) is 13.9. The highest BCUT2D eigenvalue weighted by Crippen LogP contribution is 2.27. The molecule has 0 fully saturated rings. The van der Waals surface area contributed by atoms with E-state index in [1.54, 1.807) is 7.05 Å². The number of allylic oxidation sites excluding steroid dienone is 4. The van der Waals surface area contributed by atoms with Crippen LogP contribution in [0.5, 0.6) is 0 Å². The van der Waals surface area contributed by atoms with Crippen LogP contribution in [0.4, 0.5) is 17.6 Å². The number of halogens is 4. The number of ether oxygens (including phenoxy) is 1. The van der Waals surface area contributed by atoms with E-state index in [2.05, 4.69) is 5.43 Å². The molecule has 0 spiro atoms. The minimum absolute atomic E-state index is 0.0181. The molecule has 8 heteroatoms. The van der Waals surface area contributed by atoms with Crippen molar-refractivity contribution in [1.29, 1.82) is 0 Å². The van der Waals surface area contributed by atoms with Gasteiger partial charge in [0.15, 0.2) is 11.6 Å². The molecule has 1 aromatic heterocycles. The Morgan fingerprint density at radius 2 is 1.90 bits per heavy atom. The Kier molecular flexibility index (Phi) is 6.21. The molecule has 1 aliphatic carbocycles. The molecule has 152 valence electrons. The van der Waals surface area contributed by atoms with Gasteiger partial charge in [0.25, 0.3) is 0 Å². The molecule has 1 N–H and O–H groups in total. The van der Waals surface area contributed by atoms with Gasteiger partial charge in [-0.1, -0.05) is 6.07 Å². The van der Waals surface area contributed by atoms with Crippen molar-refractivity contribution < 1.29 is 22.3 Å². The largest absolute Gasteiger partial charge is 0.491 e. The normalized spacial score (nSPS) is 16.5. The maximum absolute atomic E-state index is 14.3. The third-order valence-corrected chi connectivity index (χ3v) is 4.32. The van der Waals surface area contributed by atoms with Crippen molar-refractivity contribution in [1.82, 2.24) is 4.68 Å². The summed E-state index contributed by atoms with van der Waals surface area (Å²) in [6.07, 6.45) is 4.69. The smallest absolute Gasteiger partial charge is 0.190 e. The molecule has 4 nitrogen and oxygen atoms in total. The fourth-order valence-corrected chi connectivity index (χ4v) is 2.96. The van der Waals surface area contributed by atoms with E-state index in [4.69, 9.17) is 4.74 Å². The van der Waals surface area contributed by atoms with Crippen molar-refractivity contribution in [3.8, 4) is 11.1 Å². The first kappa shape index (κ1) is 20.4. The van der Waals surface area contributed by atoms with Gasteiger partial charge in [-0.15, -0.1) is 0 Å². The lowest BCUT2D eigenvalue weighted by molar-refractivity contribution is 0.171. The third kappa shape index (κ3) is 4.42. The van der Waals surface area contributed by atoms with Gasteiger partial charge in [-0.25, -0.2) is 17.6 Å². The van der Waals surface area contributed by atoms with Crippen molar-refractivity contribution in [3.05, 3.63) is 87.8 Å². The van der Waals surface area contributed by atoms with E-state index in [9.17, 15) is 22.4 Å². The van der Waals surface area contributed by atoms with Crippen molar-refractivity contribution in [2.24, 2.45) is 0 Å². The summed E-state index contributed by atoms with van der Waals surface area (Å²) in [5.41, 5.74) is 1.80. The second-order valence-corrected chi connectivity index (χ2v) is 6.20. The van der Waals surface area contributed by atoms with Crippen LogP contribution >= 0.6 is 0 Å². The summed E-state index contributed by atoms with van der Waals surface area (Å²) in [5, 5.41) is 0. The average molecular weight is 406 g/mol. The highest BCUT2D eigenvalue weighted by molar-refractivity contribution is 5.74. The Morgan fingerprint density at radius 1 is 1.17 bits per heavy atom. The second-order valence-electron chi connectivity index (χ2n) is 6.20. The summed E-state index contributed by atoms with van der Waals surface area (Å²) in [5.74, 6) is -2.33. The summed E-state index contributed by atoms with van der Waals surface area (Å²) < 4.78 is 62.1. The van der Waals surface area contributed by atoms with Crippen LogP contribution in [-0.2, 0) is 4.74 Å². The monoisotopic (exact) mass is 406 g/mol. The number of rotatable bonds is 6. The molecule has 1 aromatic carbocycles. The van der Waals surface area contributed by atoms with Crippen LogP contribution in [0.1, 0.15) is 12.1 Å². The summed E-state index contributed by atoms with van der Waals surface area (Å²) >= 11 is 0. The number of nitrogens with one attached hydrogen (secondary N) is 1. The van der Waals surface area contributed by atoms with Crippen LogP contribution in [0.3, 0.4) is 0 Å². The zero-order valence-electron chi connectivity index (χ0n) is 15.5. The molecule has 1 unspecified atom stereocenters. The minimum atomic E-state index is -1.58.